The van der Waals surface area contributed by atoms with Crippen LogP contribution in [0.5, 0.6) is 0 Å². The molecule has 0 fully saturated rings. The van der Waals surface area contributed by atoms with Crippen molar-refractivity contribution >= 4 is 15.8 Å². The SMILES string of the molecule is CCNC(=NCCCS(=O)(=O)c1ccccc1)NCCCCOCC. The normalized spacial score (nSPS) is 12.2. The van der Waals surface area contributed by atoms with Crippen LogP contribution in [-0.4, -0.2) is 53.0 Å². The molecule has 0 atom stereocenters. The monoisotopic (exact) mass is 369 g/mol. The van der Waals surface area contributed by atoms with Gasteiger partial charge in [0.05, 0.1) is 10.6 Å². The molecular formula is C18H31N3O3S. The Kier molecular flexibility index (Phi) is 10.9. The molecule has 0 saturated carbocycles. The van der Waals surface area contributed by atoms with E-state index in [1.165, 1.54) is 0 Å². The number of nitrogens with one attached hydrogen (secondary N) is 2. The average Bonchev–Trinajstić information content (AvgIpc) is 2.62. The van der Waals surface area contributed by atoms with Crippen LogP contribution >= 0.6 is 0 Å². The molecule has 0 radical (unpaired) electrons. The van der Waals surface area contributed by atoms with E-state index in [1.54, 1.807) is 24.3 Å². The van der Waals surface area contributed by atoms with Crippen molar-refractivity contribution in [1.29, 1.82) is 0 Å². The molecule has 142 valence electrons. The van der Waals surface area contributed by atoms with Gasteiger partial charge in [0, 0.05) is 32.8 Å². The molecule has 0 heterocycles. The molecule has 0 aliphatic heterocycles. The first kappa shape index (κ1) is 21.4. The first-order valence-corrected chi connectivity index (χ1v) is 10.6. The van der Waals surface area contributed by atoms with Gasteiger partial charge in [0.2, 0.25) is 0 Å². The predicted octanol–water partition coefficient (Wildman–Crippen LogP) is 2.22. The average molecular weight is 370 g/mol. The van der Waals surface area contributed by atoms with Crippen LogP contribution in [0.1, 0.15) is 33.1 Å². The largest absolute Gasteiger partial charge is 0.382 e. The lowest BCUT2D eigenvalue weighted by Crippen LogP contribution is -2.38. The van der Waals surface area contributed by atoms with E-state index in [1.807, 2.05) is 19.9 Å². The Morgan fingerprint density at radius 2 is 1.84 bits per heavy atom. The van der Waals surface area contributed by atoms with E-state index >= 15 is 0 Å². The van der Waals surface area contributed by atoms with Crippen molar-refractivity contribution in [2.75, 3.05) is 38.6 Å². The van der Waals surface area contributed by atoms with Gasteiger partial charge in [0.15, 0.2) is 15.8 Å². The van der Waals surface area contributed by atoms with E-state index < -0.39 is 9.84 Å². The van der Waals surface area contributed by atoms with E-state index in [9.17, 15) is 8.42 Å². The molecule has 0 unspecified atom stereocenters. The number of ether oxygens (including phenoxy) is 1. The van der Waals surface area contributed by atoms with Gasteiger partial charge >= 0.3 is 0 Å². The Balaban J connectivity index is 2.34. The Morgan fingerprint density at radius 3 is 2.52 bits per heavy atom. The molecule has 0 spiro atoms. The van der Waals surface area contributed by atoms with Crippen LogP contribution in [0.2, 0.25) is 0 Å². The van der Waals surface area contributed by atoms with Crippen molar-refractivity contribution < 1.29 is 13.2 Å². The summed E-state index contributed by atoms with van der Waals surface area (Å²) < 4.78 is 29.7. The third-order valence-electron chi connectivity index (χ3n) is 3.50. The van der Waals surface area contributed by atoms with Gasteiger partial charge in [-0.25, -0.2) is 8.42 Å². The van der Waals surface area contributed by atoms with E-state index in [0.29, 0.717) is 17.9 Å². The smallest absolute Gasteiger partial charge is 0.191 e. The third kappa shape index (κ3) is 9.45. The number of nitrogens with zero attached hydrogens (tertiary/aromatic N) is 1. The van der Waals surface area contributed by atoms with Crippen molar-refractivity contribution in [1.82, 2.24) is 10.6 Å². The number of benzene rings is 1. The quantitative estimate of drug-likeness (QED) is 0.335. The fourth-order valence-corrected chi connectivity index (χ4v) is 3.53. The fourth-order valence-electron chi connectivity index (χ4n) is 2.21. The Hall–Kier alpha value is -1.60. The van der Waals surface area contributed by atoms with Gasteiger partial charge in [-0.05, 0) is 45.2 Å². The van der Waals surface area contributed by atoms with E-state index in [-0.39, 0.29) is 5.75 Å². The summed E-state index contributed by atoms with van der Waals surface area (Å²) in [6, 6.07) is 8.55. The van der Waals surface area contributed by atoms with Crippen LogP contribution in [0.25, 0.3) is 0 Å². The standard InChI is InChI=1S/C18H31N3O3S/c1-3-19-18(20-13-8-9-15-24-4-2)21-14-10-16-25(22,23)17-11-6-5-7-12-17/h5-7,11-12H,3-4,8-10,13-16H2,1-2H3,(H2,19,20,21). The predicted molar refractivity (Wildman–Crippen MR) is 103 cm³/mol. The Bertz CT molecular complexity index is 589. The molecule has 1 aromatic carbocycles. The molecule has 7 heteroatoms. The zero-order valence-corrected chi connectivity index (χ0v) is 16.1. The highest BCUT2D eigenvalue weighted by Gasteiger charge is 2.12. The number of hydrogen-bond donors (Lipinski definition) is 2. The summed E-state index contributed by atoms with van der Waals surface area (Å²) >= 11 is 0. The van der Waals surface area contributed by atoms with Crippen molar-refractivity contribution in [3.63, 3.8) is 0 Å². The molecule has 0 aromatic heterocycles. The molecule has 6 nitrogen and oxygen atoms in total. The van der Waals surface area contributed by atoms with Gasteiger partial charge in [-0.3, -0.25) is 4.99 Å². The molecule has 1 aromatic rings. The minimum absolute atomic E-state index is 0.105. The maximum atomic E-state index is 12.2. The Labute approximate surface area is 152 Å². The second-order valence-corrected chi connectivity index (χ2v) is 7.69. The minimum atomic E-state index is -3.22. The second-order valence-electron chi connectivity index (χ2n) is 5.58. The van der Waals surface area contributed by atoms with Gasteiger partial charge in [-0.2, -0.15) is 0 Å². The molecule has 25 heavy (non-hydrogen) atoms. The number of aliphatic imine (C=N–C) groups is 1. The van der Waals surface area contributed by atoms with Crippen LogP contribution in [0, 0.1) is 0 Å². The Morgan fingerprint density at radius 1 is 1.08 bits per heavy atom. The maximum Gasteiger partial charge on any atom is 0.191 e. The zero-order valence-electron chi connectivity index (χ0n) is 15.3. The van der Waals surface area contributed by atoms with Crippen molar-refractivity contribution in [2.45, 2.75) is 38.0 Å². The lowest BCUT2D eigenvalue weighted by molar-refractivity contribution is 0.143. The highest BCUT2D eigenvalue weighted by atomic mass is 32.2. The number of rotatable bonds is 12. The lowest BCUT2D eigenvalue weighted by atomic mass is 10.3. The summed E-state index contributed by atoms with van der Waals surface area (Å²) in [6.45, 7) is 7.60. The van der Waals surface area contributed by atoms with Gasteiger partial charge in [-0.15, -0.1) is 0 Å². The summed E-state index contributed by atoms with van der Waals surface area (Å²) in [7, 11) is -3.22. The fraction of sp³-hybridized carbons (Fsp3) is 0.611. The summed E-state index contributed by atoms with van der Waals surface area (Å²) in [5, 5.41) is 6.43. The molecule has 0 aliphatic carbocycles. The maximum absolute atomic E-state index is 12.2. The minimum Gasteiger partial charge on any atom is -0.382 e. The molecule has 0 saturated heterocycles. The first-order valence-electron chi connectivity index (χ1n) is 8.98. The van der Waals surface area contributed by atoms with Crippen molar-refractivity contribution in [2.24, 2.45) is 4.99 Å². The van der Waals surface area contributed by atoms with E-state index in [4.69, 9.17) is 4.74 Å². The molecular weight excluding hydrogens is 338 g/mol. The molecule has 2 N–H and O–H groups in total. The second kappa shape index (κ2) is 12.7. The van der Waals surface area contributed by atoms with Crippen LogP contribution in [-0.2, 0) is 14.6 Å². The van der Waals surface area contributed by atoms with Gasteiger partial charge in [0.25, 0.3) is 0 Å². The van der Waals surface area contributed by atoms with Crippen molar-refractivity contribution in [3.05, 3.63) is 30.3 Å². The molecule has 0 amide bonds. The summed E-state index contributed by atoms with van der Waals surface area (Å²) in [5.74, 6) is 0.838. The zero-order chi connectivity index (χ0) is 18.4. The summed E-state index contributed by atoms with van der Waals surface area (Å²) in [6.07, 6.45) is 2.51. The van der Waals surface area contributed by atoms with Gasteiger partial charge in [0.1, 0.15) is 0 Å². The van der Waals surface area contributed by atoms with E-state index in [0.717, 1.165) is 45.1 Å². The molecule has 1 rings (SSSR count). The molecule has 0 aliphatic rings. The van der Waals surface area contributed by atoms with Crippen LogP contribution < -0.4 is 10.6 Å². The number of unbranched alkanes of at least 4 members (excludes halogenated alkanes) is 1. The topological polar surface area (TPSA) is 79.8 Å². The third-order valence-corrected chi connectivity index (χ3v) is 5.32. The van der Waals surface area contributed by atoms with Crippen LogP contribution in [0.15, 0.2) is 40.2 Å². The van der Waals surface area contributed by atoms with Crippen LogP contribution in [0.3, 0.4) is 0 Å². The highest BCUT2D eigenvalue weighted by molar-refractivity contribution is 7.91. The summed E-state index contributed by atoms with van der Waals surface area (Å²) in [4.78, 5) is 4.82. The lowest BCUT2D eigenvalue weighted by Gasteiger charge is -2.11. The first-order chi connectivity index (χ1) is 12.1. The number of sulfone groups is 1. The number of guanidine groups is 1. The summed E-state index contributed by atoms with van der Waals surface area (Å²) in [5.41, 5.74) is 0. The number of hydrogen-bond acceptors (Lipinski definition) is 4. The van der Waals surface area contributed by atoms with Gasteiger partial charge in [-0.1, -0.05) is 18.2 Å². The molecule has 0 bridgehead atoms. The van der Waals surface area contributed by atoms with E-state index in [2.05, 4.69) is 15.6 Å². The van der Waals surface area contributed by atoms with Gasteiger partial charge < -0.3 is 15.4 Å². The highest BCUT2D eigenvalue weighted by Crippen LogP contribution is 2.10. The van der Waals surface area contributed by atoms with Crippen LogP contribution in [0.4, 0.5) is 0 Å². The van der Waals surface area contributed by atoms with Crippen molar-refractivity contribution in [3.8, 4) is 0 Å².